The SMILES string of the molecule is N#Cc1ccc(/C=C/C(=O)N(Cc2ccccc2)c2nc3c(s2)CCCC3)cc1. The van der Waals surface area contributed by atoms with Gasteiger partial charge < -0.3 is 0 Å². The molecule has 3 aromatic rings. The van der Waals surface area contributed by atoms with E-state index in [1.807, 2.05) is 42.5 Å². The average Bonchev–Trinajstić information content (AvgIpc) is 3.21. The van der Waals surface area contributed by atoms with Crippen molar-refractivity contribution in [1.29, 1.82) is 5.26 Å². The number of nitriles is 1. The van der Waals surface area contributed by atoms with E-state index in [2.05, 4.69) is 6.07 Å². The normalized spacial score (nSPS) is 13.1. The van der Waals surface area contributed by atoms with Crippen molar-refractivity contribution >= 4 is 28.5 Å². The maximum atomic E-state index is 13.1. The fourth-order valence-electron chi connectivity index (χ4n) is 3.39. The van der Waals surface area contributed by atoms with Gasteiger partial charge in [-0.15, -0.1) is 11.3 Å². The second-order valence-corrected chi connectivity index (χ2v) is 8.11. The highest BCUT2D eigenvalue weighted by atomic mass is 32.1. The summed E-state index contributed by atoms with van der Waals surface area (Å²) in [7, 11) is 0. The largest absolute Gasteiger partial charge is 0.280 e. The van der Waals surface area contributed by atoms with Gasteiger partial charge in [0.1, 0.15) is 0 Å². The molecule has 144 valence electrons. The van der Waals surface area contributed by atoms with Crippen LogP contribution in [0.3, 0.4) is 0 Å². The first-order chi connectivity index (χ1) is 14.2. The third kappa shape index (κ3) is 4.61. The van der Waals surface area contributed by atoms with Crippen molar-refractivity contribution in [1.82, 2.24) is 4.98 Å². The van der Waals surface area contributed by atoms with Crippen LogP contribution in [0.1, 0.15) is 40.1 Å². The standard InChI is InChI=1S/C24H21N3OS/c25-16-19-12-10-18(11-13-19)14-15-23(28)27(17-20-6-2-1-3-7-20)24-26-21-8-4-5-9-22(21)29-24/h1-3,6-7,10-15H,4-5,8-9,17H2/b15-14+. The van der Waals surface area contributed by atoms with E-state index < -0.39 is 0 Å². The second-order valence-electron chi connectivity index (χ2n) is 7.05. The molecule has 1 heterocycles. The highest BCUT2D eigenvalue weighted by Gasteiger charge is 2.22. The lowest BCUT2D eigenvalue weighted by molar-refractivity contribution is -0.114. The summed E-state index contributed by atoms with van der Waals surface area (Å²) in [6.07, 6.45) is 7.79. The molecule has 0 atom stereocenters. The molecule has 0 unspecified atom stereocenters. The number of rotatable bonds is 5. The molecule has 0 spiro atoms. The monoisotopic (exact) mass is 399 g/mol. The summed E-state index contributed by atoms with van der Waals surface area (Å²) in [6, 6.07) is 19.3. The average molecular weight is 400 g/mol. The van der Waals surface area contributed by atoms with Gasteiger partial charge in [0.15, 0.2) is 5.13 Å². The summed E-state index contributed by atoms with van der Waals surface area (Å²) in [6.45, 7) is 0.490. The third-order valence-corrected chi connectivity index (χ3v) is 6.15. The molecule has 0 aliphatic heterocycles. The van der Waals surface area contributed by atoms with Crippen molar-refractivity contribution in [2.45, 2.75) is 32.2 Å². The number of fused-ring (bicyclic) bond motifs is 1. The van der Waals surface area contributed by atoms with Crippen LogP contribution in [0.5, 0.6) is 0 Å². The summed E-state index contributed by atoms with van der Waals surface area (Å²) in [5.41, 5.74) is 3.71. The Hall–Kier alpha value is -3.23. The molecule has 29 heavy (non-hydrogen) atoms. The van der Waals surface area contributed by atoms with Gasteiger partial charge in [-0.05, 0) is 55.0 Å². The van der Waals surface area contributed by atoms with Crippen LogP contribution in [0.25, 0.3) is 6.08 Å². The molecule has 0 radical (unpaired) electrons. The summed E-state index contributed by atoms with van der Waals surface area (Å²) >= 11 is 1.64. The molecule has 1 aliphatic rings. The van der Waals surface area contributed by atoms with E-state index in [9.17, 15) is 4.79 Å². The van der Waals surface area contributed by atoms with Gasteiger partial charge in [-0.3, -0.25) is 9.69 Å². The number of nitrogens with zero attached hydrogens (tertiary/aromatic N) is 3. The van der Waals surface area contributed by atoms with E-state index >= 15 is 0 Å². The highest BCUT2D eigenvalue weighted by Crippen LogP contribution is 2.32. The van der Waals surface area contributed by atoms with E-state index in [-0.39, 0.29) is 5.91 Å². The van der Waals surface area contributed by atoms with Gasteiger partial charge in [-0.1, -0.05) is 42.5 Å². The van der Waals surface area contributed by atoms with Gasteiger partial charge >= 0.3 is 0 Å². The van der Waals surface area contributed by atoms with Crippen LogP contribution in [0.15, 0.2) is 60.7 Å². The molecule has 4 nitrogen and oxygen atoms in total. The number of thiazole rings is 1. The molecule has 0 saturated heterocycles. The number of amides is 1. The lowest BCUT2D eigenvalue weighted by Gasteiger charge is -2.18. The lowest BCUT2D eigenvalue weighted by Crippen LogP contribution is -2.28. The Morgan fingerprint density at radius 1 is 1.10 bits per heavy atom. The maximum Gasteiger partial charge on any atom is 0.253 e. The van der Waals surface area contributed by atoms with E-state index in [0.29, 0.717) is 12.1 Å². The van der Waals surface area contributed by atoms with Crippen LogP contribution in [0.2, 0.25) is 0 Å². The summed E-state index contributed by atoms with van der Waals surface area (Å²) in [4.78, 5) is 21.0. The van der Waals surface area contributed by atoms with E-state index in [1.54, 1.807) is 40.5 Å². The number of aryl methyl sites for hydroxylation is 2. The predicted molar refractivity (Wildman–Crippen MR) is 117 cm³/mol. The first-order valence-corrected chi connectivity index (χ1v) is 10.6. The summed E-state index contributed by atoms with van der Waals surface area (Å²) < 4.78 is 0. The van der Waals surface area contributed by atoms with Crippen molar-refractivity contribution in [2.24, 2.45) is 0 Å². The van der Waals surface area contributed by atoms with Gasteiger partial charge in [-0.25, -0.2) is 4.98 Å². The molecule has 5 heteroatoms. The Labute approximate surface area is 174 Å². The van der Waals surface area contributed by atoms with Crippen LogP contribution in [-0.4, -0.2) is 10.9 Å². The van der Waals surface area contributed by atoms with Crippen LogP contribution >= 0.6 is 11.3 Å². The quantitative estimate of drug-likeness (QED) is 0.558. The van der Waals surface area contributed by atoms with Gasteiger partial charge in [-0.2, -0.15) is 5.26 Å². The minimum atomic E-state index is -0.0932. The highest BCUT2D eigenvalue weighted by molar-refractivity contribution is 7.16. The van der Waals surface area contributed by atoms with Crippen molar-refractivity contribution in [3.05, 3.63) is 87.9 Å². The van der Waals surface area contributed by atoms with Crippen LogP contribution < -0.4 is 4.90 Å². The number of anilines is 1. The van der Waals surface area contributed by atoms with E-state index in [1.165, 1.54) is 17.7 Å². The maximum absolute atomic E-state index is 13.1. The van der Waals surface area contributed by atoms with Gasteiger partial charge in [0.05, 0.1) is 23.9 Å². The first-order valence-electron chi connectivity index (χ1n) is 9.75. The van der Waals surface area contributed by atoms with Crippen LogP contribution in [0, 0.1) is 11.3 Å². The van der Waals surface area contributed by atoms with E-state index in [0.717, 1.165) is 34.8 Å². The molecular weight excluding hydrogens is 378 g/mol. The lowest BCUT2D eigenvalue weighted by atomic mass is 10.0. The number of carbonyl (C=O) groups is 1. The Kier molecular flexibility index (Phi) is 5.83. The fourth-order valence-corrected chi connectivity index (χ4v) is 4.54. The Bertz CT molecular complexity index is 1040. The Balaban J connectivity index is 1.60. The number of hydrogen-bond acceptors (Lipinski definition) is 4. The Morgan fingerprint density at radius 2 is 1.86 bits per heavy atom. The molecule has 0 saturated carbocycles. The first kappa shape index (κ1) is 19.1. The molecule has 0 fully saturated rings. The van der Waals surface area contributed by atoms with Gasteiger partial charge in [0, 0.05) is 11.0 Å². The fraction of sp³-hybridized carbons (Fsp3) is 0.208. The minimum absolute atomic E-state index is 0.0932. The van der Waals surface area contributed by atoms with Crippen molar-refractivity contribution < 1.29 is 4.79 Å². The van der Waals surface area contributed by atoms with Crippen molar-refractivity contribution in [2.75, 3.05) is 4.90 Å². The topological polar surface area (TPSA) is 57.0 Å². The predicted octanol–water partition coefficient (Wildman–Crippen LogP) is 5.14. The van der Waals surface area contributed by atoms with E-state index in [4.69, 9.17) is 10.2 Å². The third-order valence-electron chi connectivity index (χ3n) is 4.97. The molecule has 4 rings (SSSR count). The van der Waals surface area contributed by atoms with Crippen LogP contribution in [0.4, 0.5) is 5.13 Å². The minimum Gasteiger partial charge on any atom is -0.280 e. The van der Waals surface area contributed by atoms with Crippen molar-refractivity contribution in [3.8, 4) is 6.07 Å². The van der Waals surface area contributed by atoms with Crippen LogP contribution in [-0.2, 0) is 24.2 Å². The zero-order valence-corrected chi connectivity index (χ0v) is 16.9. The number of benzene rings is 2. The summed E-state index contributed by atoms with van der Waals surface area (Å²) in [5, 5.41) is 9.69. The zero-order chi connectivity index (χ0) is 20.1. The molecule has 1 amide bonds. The molecule has 0 bridgehead atoms. The number of aromatic nitrogens is 1. The molecule has 2 aromatic carbocycles. The molecule has 1 aliphatic carbocycles. The number of hydrogen-bond donors (Lipinski definition) is 0. The Morgan fingerprint density at radius 3 is 2.59 bits per heavy atom. The van der Waals surface area contributed by atoms with Crippen molar-refractivity contribution in [3.63, 3.8) is 0 Å². The zero-order valence-electron chi connectivity index (χ0n) is 16.0. The molecular formula is C24H21N3OS. The smallest absolute Gasteiger partial charge is 0.253 e. The molecule has 1 aromatic heterocycles. The van der Waals surface area contributed by atoms with Gasteiger partial charge in [0.2, 0.25) is 0 Å². The van der Waals surface area contributed by atoms with Gasteiger partial charge in [0.25, 0.3) is 5.91 Å². The second kappa shape index (κ2) is 8.85. The molecule has 0 N–H and O–H groups in total. The number of carbonyl (C=O) groups excluding carboxylic acids is 1. The summed E-state index contributed by atoms with van der Waals surface area (Å²) in [5.74, 6) is -0.0932.